The van der Waals surface area contributed by atoms with Gasteiger partial charge in [-0.2, -0.15) is 0 Å². The smallest absolute Gasteiger partial charge is 0.216 e. The van der Waals surface area contributed by atoms with E-state index in [2.05, 4.69) is 40.1 Å². The fourth-order valence-corrected chi connectivity index (χ4v) is 3.86. The summed E-state index contributed by atoms with van der Waals surface area (Å²) in [6, 6.07) is 31.9. The molecule has 169 valence electrons. The van der Waals surface area contributed by atoms with E-state index in [0.29, 0.717) is 5.71 Å². The molecule has 0 aliphatic carbocycles. The number of benzene rings is 2. The summed E-state index contributed by atoms with van der Waals surface area (Å²) in [6.45, 7) is 4.06. The molecule has 0 amide bonds. The van der Waals surface area contributed by atoms with Gasteiger partial charge in [0.15, 0.2) is 0 Å². The molecule has 0 bridgehead atoms. The Morgan fingerprint density at radius 2 is 1.50 bits per heavy atom. The van der Waals surface area contributed by atoms with E-state index in [0.717, 1.165) is 44.6 Å². The van der Waals surface area contributed by atoms with Crippen LogP contribution in [0.5, 0.6) is 0 Å². The van der Waals surface area contributed by atoms with Crippen molar-refractivity contribution in [1.29, 1.82) is 0 Å². The monoisotopic (exact) mass is 620 g/mol. The second-order valence-corrected chi connectivity index (χ2v) is 7.66. The number of nitrogens with zero attached hydrogens (tertiary/aromatic N) is 3. The molecule has 6 rings (SSSR count). The average Bonchev–Trinajstić information content (AvgIpc) is 3.25. The molecule has 0 fully saturated rings. The number of pyridine rings is 3. The van der Waals surface area contributed by atoms with E-state index in [1.807, 2.05) is 79.7 Å². The van der Waals surface area contributed by atoms with E-state index in [-0.39, 0.29) is 20.1 Å². The Hall–Kier alpha value is -3.66. The van der Waals surface area contributed by atoms with Crippen LogP contribution in [0, 0.1) is 26.0 Å². The first kappa shape index (κ1) is 23.5. The Bertz CT molecular complexity index is 1480. The third-order valence-corrected chi connectivity index (χ3v) is 5.30. The average molecular weight is 620 g/mol. The maximum Gasteiger partial charge on any atom is 0.216 e. The molecule has 6 aromatic rings. The molecule has 0 saturated carbocycles. The molecule has 0 aliphatic rings. The van der Waals surface area contributed by atoms with Crippen molar-refractivity contribution in [2.75, 3.05) is 0 Å². The summed E-state index contributed by atoms with van der Waals surface area (Å²) in [5.74, 6) is 0. The molecule has 4 nitrogen and oxygen atoms in total. The molecular weight excluding hydrogens is 599 g/mol. The van der Waals surface area contributed by atoms with Gasteiger partial charge in [-0.15, -0.1) is 54.1 Å². The first-order chi connectivity index (χ1) is 16.2. The minimum atomic E-state index is 0. The predicted molar refractivity (Wildman–Crippen MR) is 132 cm³/mol. The molecule has 0 aliphatic heterocycles. The maximum atomic E-state index is 6.02. The molecular formula is C29H21IrN3O-2. The third-order valence-electron chi connectivity index (χ3n) is 5.30. The second-order valence-electron chi connectivity index (χ2n) is 7.66. The number of aromatic nitrogens is 3. The SMILES string of the molecule is Cc1cc(C)c2c(n1)oc1c(-c3ccccn3)[c-]ccc12.[Ir].[c-]1ccccc1-c1ccccn1. The number of rotatable bonds is 2. The molecule has 0 atom stereocenters. The van der Waals surface area contributed by atoms with Crippen molar-refractivity contribution in [1.82, 2.24) is 15.0 Å². The molecule has 0 saturated heterocycles. The van der Waals surface area contributed by atoms with E-state index in [1.54, 1.807) is 12.4 Å². The molecule has 5 heteroatoms. The number of fused-ring (bicyclic) bond motifs is 3. The van der Waals surface area contributed by atoms with Crippen LogP contribution in [0.1, 0.15) is 11.3 Å². The maximum absolute atomic E-state index is 6.02. The summed E-state index contributed by atoms with van der Waals surface area (Å²) < 4.78 is 6.02. The predicted octanol–water partition coefficient (Wildman–Crippen LogP) is 7.01. The van der Waals surface area contributed by atoms with E-state index in [4.69, 9.17) is 4.42 Å². The molecule has 4 aromatic heterocycles. The van der Waals surface area contributed by atoms with Crippen LogP contribution < -0.4 is 0 Å². The summed E-state index contributed by atoms with van der Waals surface area (Å²) in [4.78, 5) is 13.1. The van der Waals surface area contributed by atoms with Crippen molar-refractivity contribution < 1.29 is 24.5 Å². The Morgan fingerprint density at radius 1 is 0.765 bits per heavy atom. The number of hydrogen-bond acceptors (Lipinski definition) is 4. The van der Waals surface area contributed by atoms with Gasteiger partial charge in [0.05, 0.1) is 5.58 Å². The zero-order valence-electron chi connectivity index (χ0n) is 18.7. The first-order valence-electron chi connectivity index (χ1n) is 10.7. The van der Waals surface area contributed by atoms with E-state index < -0.39 is 0 Å². The van der Waals surface area contributed by atoms with Crippen LogP contribution in [-0.4, -0.2) is 15.0 Å². The standard InChI is InChI=1S/C18H13N2O.C11H8N.Ir/c1-11-10-12(2)20-18-16(11)14-7-5-6-13(17(14)21-18)15-8-3-4-9-19-15;1-2-6-10(7-3-1)11-8-4-5-9-12-11;/h3-5,7-10H,1-2H3;1-6,8-9H;/q2*-1;. The van der Waals surface area contributed by atoms with Gasteiger partial charge in [0, 0.05) is 43.6 Å². The van der Waals surface area contributed by atoms with Gasteiger partial charge in [0.1, 0.15) is 0 Å². The van der Waals surface area contributed by atoms with Gasteiger partial charge >= 0.3 is 0 Å². The number of hydrogen-bond donors (Lipinski definition) is 0. The topological polar surface area (TPSA) is 51.8 Å². The molecule has 1 radical (unpaired) electrons. The van der Waals surface area contributed by atoms with Crippen LogP contribution >= 0.6 is 0 Å². The fraction of sp³-hybridized carbons (Fsp3) is 0.0690. The largest absolute Gasteiger partial charge is 0.486 e. The molecule has 2 aromatic carbocycles. The van der Waals surface area contributed by atoms with Crippen LogP contribution in [0.4, 0.5) is 0 Å². The summed E-state index contributed by atoms with van der Waals surface area (Å²) in [6.07, 6.45) is 3.56. The van der Waals surface area contributed by atoms with Crippen LogP contribution in [-0.2, 0) is 20.1 Å². The minimum Gasteiger partial charge on any atom is -0.486 e. The number of aryl methyl sites for hydroxylation is 2. The minimum absolute atomic E-state index is 0. The van der Waals surface area contributed by atoms with Crippen LogP contribution in [0.3, 0.4) is 0 Å². The van der Waals surface area contributed by atoms with Gasteiger partial charge in [-0.25, -0.2) is 4.98 Å². The Morgan fingerprint density at radius 3 is 2.18 bits per heavy atom. The fourth-order valence-electron chi connectivity index (χ4n) is 3.86. The van der Waals surface area contributed by atoms with E-state index in [1.165, 1.54) is 5.56 Å². The Kier molecular flexibility index (Phi) is 7.27. The number of furan rings is 1. The molecule has 0 unspecified atom stereocenters. The van der Waals surface area contributed by atoms with Crippen LogP contribution in [0.2, 0.25) is 0 Å². The zero-order valence-corrected chi connectivity index (χ0v) is 21.1. The molecule has 4 heterocycles. The summed E-state index contributed by atoms with van der Waals surface area (Å²) in [7, 11) is 0. The van der Waals surface area contributed by atoms with Crippen molar-refractivity contribution in [3.05, 3.63) is 115 Å². The zero-order chi connectivity index (χ0) is 22.6. The summed E-state index contributed by atoms with van der Waals surface area (Å²) in [5.41, 5.74) is 7.36. The van der Waals surface area contributed by atoms with Crippen molar-refractivity contribution in [2.24, 2.45) is 0 Å². The first-order valence-corrected chi connectivity index (χ1v) is 10.7. The Balaban J connectivity index is 0.000000180. The van der Waals surface area contributed by atoms with Crippen LogP contribution in [0.25, 0.3) is 44.6 Å². The van der Waals surface area contributed by atoms with Gasteiger partial charge in [0.2, 0.25) is 5.71 Å². The summed E-state index contributed by atoms with van der Waals surface area (Å²) in [5, 5.41) is 2.14. The van der Waals surface area contributed by atoms with Gasteiger partial charge in [0.25, 0.3) is 0 Å². The van der Waals surface area contributed by atoms with Gasteiger partial charge in [-0.3, -0.25) is 0 Å². The molecule has 0 spiro atoms. The van der Waals surface area contributed by atoms with Crippen molar-refractivity contribution in [3.63, 3.8) is 0 Å². The second kappa shape index (κ2) is 10.5. The third kappa shape index (κ3) is 4.81. The summed E-state index contributed by atoms with van der Waals surface area (Å²) >= 11 is 0. The quantitative estimate of drug-likeness (QED) is 0.196. The van der Waals surface area contributed by atoms with Gasteiger partial charge < -0.3 is 14.4 Å². The van der Waals surface area contributed by atoms with E-state index >= 15 is 0 Å². The van der Waals surface area contributed by atoms with Crippen molar-refractivity contribution in [3.8, 4) is 22.5 Å². The Labute approximate surface area is 212 Å². The molecule has 0 N–H and O–H groups in total. The van der Waals surface area contributed by atoms with Gasteiger partial charge in [-0.05, 0) is 49.0 Å². The van der Waals surface area contributed by atoms with Crippen LogP contribution in [0.15, 0.2) is 95.7 Å². The van der Waals surface area contributed by atoms with E-state index in [9.17, 15) is 0 Å². The van der Waals surface area contributed by atoms with Gasteiger partial charge in [-0.1, -0.05) is 35.2 Å². The van der Waals surface area contributed by atoms with Crippen molar-refractivity contribution >= 4 is 22.1 Å². The van der Waals surface area contributed by atoms with Crippen molar-refractivity contribution in [2.45, 2.75) is 13.8 Å². The normalized spacial score (nSPS) is 10.4. The molecule has 34 heavy (non-hydrogen) atoms.